The summed E-state index contributed by atoms with van der Waals surface area (Å²) in [5, 5.41) is 4.74. The fourth-order valence-corrected chi connectivity index (χ4v) is 10.7. The van der Waals surface area contributed by atoms with Gasteiger partial charge in [0.1, 0.15) is 5.58 Å². The molecule has 58 heavy (non-hydrogen) atoms. The lowest BCUT2D eigenvalue weighted by atomic mass is 9.67. The molecule has 0 radical (unpaired) electrons. The summed E-state index contributed by atoms with van der Waals surface area (Å²) >= 11 is 1.84. The highest BCUT2D eigenvalue weighted by molar-refractivity contribution is 7.25. The average molecular weight is 758 g/mol. The summed E-state index contributed by atoms with van der Waals surface area (Å²) in [5.41, 5.74) is 14.3. The molecule has 0 atom stereocenters. The first kappa shape index (κ1) is 33.0. The van der Waals surface area contributed by atoms with Crippen LogP contribution in [0, 0.1) is 0 Å². The van der Waals surface area contributed by atoms with Crippen LogP contribution in [0.25, 0.3) is 64.4 Å². The molecule has 3 heteroatoms. The van der Waals surface area contributed by atoms with Gasteiger partial charge >= 0.3 is 0 Å². The first-order chi connectivity index (χ1) is 28.8. The van der Waals surface area contributed by atoms with Crippen molar-refractivity contribution in [1.29, 1.82) is 0 Å². The van der Waals surface area contributed by atoms with E-state index in [0.29, 0.717) is 0 Å². The molecule has 2 nitrogen and oxygen atoms in total. The molecule has 0 unspecified atom stereocenters. The molecule has 0 saturated carbocycles. The van der Waals surface area contributed by atoms with Gasteiger partial charge < -0.3 is 9.32 Å². The first-order valence-electron chi connectivity index (χ1n) is 19.8. The van der Waals surface area contributed by atoms with Crippen LogP contribution in [0.4, 0.5) is 17.1 Å². The first-order valence-corrected chi connectivity index (χ1v) is 20.6. The molecular weight excluding hydrogens is 723 g/mol. The normalized spacial score (nSPS) is 13.0. The smallest absolute Gasteiger partial charge is 0.159 e. The summed E-state index contributed by atoms with van der Waals surface area (Å²) in [7, 11) is 0. The van der Waals surface area contributed by atoms with Crippen molar-refractivity contribution in [3.05, 3.63) is 235 Å². The largest absolute Gasteiger partial charge is 0.454 e. The minimum atomic E-state index is -0.504. The van der Waals surface area contributed by atoms with Crippen LogP contribution >= 0.6 is 11.3 Å². The monoisotopic (exact) mass is 757 g/mol. The minimum absolute atomic E-state index is 0.504. The van der Waals surface area contributed by atoms with Crippen LogP contribution in [0.3, 0.4) is 0 Å². The molecule has 12 rings (SSSR count). The maximum Gasteiger partial charge on any atom is 0.159 e. The van der Waals surface area contributed by atoms with Gasteiger partial charge in [-0.15, -0.1) is 11.3 Å². The van der Waals surface area contributed by atoms with Gasteiger partial charge in [-0.3, -0.25) is 0 Å². The van der Waals surface area contributed by atoms with Gasteiger partial charge in [0.25, 0.3) is 0 Å². The second-order valence-corrected chi connectivity index (χ2v) is 16.3. The van der Waals surface area contributed by atoms with E-state index in [1.54, 1.807) is 0 Å². The van der Waals surface area contributed by atoms with Crippen LogP contribution in [0.5, 0.6) is 0 Å². The lowest BCUT2D eigenvalue weighted by Gasteiger charge is -2.33. The number of anilines is 3. The number of hydrogen-bond acceptors (Lipinski definition) is 3. The number of para-hydroxylation sites is 1. The Morgan fingerprint density at radius 1 is 0.397 bits per heavy atom. The number of benzene rings is 9. The zero-order valence-electron chi connectivity index (χ0n) is 31.5. The lowest BCUT2D eigenvalue weighted by Crippen LogP contribution is -2.28. The molecule has 0 aliphatic heterocycles. The average Bonchev–Trinajstić information content (AvgIpc) is 3.95. The number of rotatable bonds is 6. The Kier molecular flexibility index (Phi) is 7.35. The van der Waals surface area contributed by atoms with Crippen molar-refractivity contribution >= 4 is 70.5 Å². The Morgan fingerprint density at radius 2 is 1.02 bits per heavy atom. The molecule has 9 aromatic carbocycles. The Labute approximate surface area is 340 Å². The second-order valence-electron chi connectivity index (χ2n) is 15.2. The van der Waals surface area contributed by atoms with Crippen molar-refractivity contribution in [3.63, 3.8) is 0 Å². The second kappa shape index (κ2) is 12.9. The van der Waals surface area contributed by atoms with Crippen molar-refractivity contribution < 1.29 is 4.42 Å². The Morgan fingerprint density at radius 3 is 1.79 bits per heavy atom. The van der Waals surface area contributed by atoms with Crippen molar-refractivity contribution in [1.82, 2.24) is 0 Å². The molecule has 0 amide bonds. The van der Waals surface area contributed by atoms with E-state index in [9.17, 15) is 0 Å². The van der Waals surface area contributed by atoms with Gasteiger partial charge in [0.05, 0.1) is 11.1 Å². The molecule has 272 valence electrons. The van der Waals surface area contributed by atoms with Crippen molar-refractivity contribution in [3.8, 4) is 22.3 Å². The molecule has 2 aromatic heterocycles. The van der Waals surface area contributed by atoms with Crippen molar-refractivity contribution in [2.24, 2.45) is 0 Å². The lowest BCUT2D eigenvalue weighted by molar-refractivity contribution is 0.666. The highest BCUT2D eigenvalue weighted by Crippen LogP contribution is 2.57. The van der Waals surface area contributed by atoms with Gasteiger partial charge in [-0.25, -0.2) is 0 Å². The fourth-order valence-electron chi connectivity index (χ4n) is 9.61. The van der Waals surface area contributed by atoms with Gasteiger partial charge in [-0.1, -0.05) is 158 Å². The zero-order valence-corrected chi connectivity index (χ0v) is 32.3. The standard InChI is InChI=1S/C55H35NOS/c1-4-15-36(16-5-1)37-27-29-40(30-28-37)56(41-31-32-53-47(33-41)43-22-11-13-26-52(43)58-53)50-25-14-23-44-46-34-45-42-21-10-12-24-48(42)55(38-17-6-2-7-18-38,39-19-8-3-9-20-39)49(45)35-51(46)57-54(44)50/h1-35H. The third-order valence-electron chi connectivity index (χ3n) is 12.1. The fraction of sp³-hybridized carbons (Fsp3) is 0.0182. The zero-order chi connectivity index (χ0) is 38.2. The van der Waals surface area contributed by atoms with E-state index in [0.717, 1.165) is 39.0 Å². The molecule has 0 spiro atoms. The van der Waals surface area contributed by atoms with E-state index in [1.165, 1.54) is 64.7 Å². The Hall–Kier alpha value is -7.20. The van der Waals surface area contributed by atoms with E-state index in [-0.39, 0.29) is 0 Å². The van der Waals surface area contributed by atoms with E-state index in [2.05, 4.69) is 217 Å². The Balaban J connectivity index is 1.11. The van der Waals surface area contributed by atoms with Crippen LogP contribution in [0.2, 0.25) is 0 Å². The molecule has 0 N–H and O–H groups in total. The van der Waals surface area contributed by atoms with Gasteiger partial charge in [0.15, 0.2) is 5.58 Å². The molecule has 2 heterocycles. The van der Waals surface area contributed by atoms with Crippen LogP contribution in [-0.2, 0) is 5.41 Å². The summed E-state index contributed by atoms with van der Waals surface area (Å²) in [5.74, 6) is 0. The van der Waals surface area contributed by atoms with E-state index in [1.807, 2.05) is 11.3 Å². The van der Waals surface area contributed by atoms with Gasteiger partial charge in [-0.2, -0.15) is 0 Å². The van der Waals surface area contributed by atoms with E-state index >= 15 is 0 Å². The van der Waals surface area contributed by atoms with E-state index < -0.39 is 5.41 Å². The van der Waals surface area contributed by atoms with Crippen LogP contribution < -0.4 is 4.90 Å². The summed E-state index contributed by atoms with van der Waals surface area (Å²) in [6.07, 6.45) is 0. The molecular formula is C55H35NOS. The topological polar surface area (TPSA) is 16.4 Å². The van der Waals surface area contributed by atoms with Crippen molar-refractivity contribution in [2.45, 2.75) is 5.41 Å². The van der Waals surface area contributed by atoms with Crippen LogP contribution in [-0.4, -0.2) is 0 Å². The molecule has 0 saturated heterocycles. The highest BCUT2D eigenvalue weighted by atomic mass is 32.1. The predicted octanol–water partition coefficient (Wildman–Crippen LogP) is 15.5. The summed E-state index contributed by atoms with van der Waals surface area (Å²) in [6, 6.07) is 77.3. The van der Waals surface area contributed by atoms with Crippen LogP contribution in [0.15, 0.2) is 217 Å². The quantitative estimate of drug-likeness (QED) is 0.168. The number of hydrogen-bond donors (Lipinski definition) is 0. The van der Waals surface area contributed by atoms with Crippen molar-refractivity contribution in [2.75, 3.05) is 4.90 Å². The molecule has 11 aromatic rings. The predicted molar refractivity (Wildman–Crippen MR) is 244 cm³/mol. The summed E-state index contributed by atoms with van der Waals surface area (Å²) in [6.45, 7) is 0. The molecule has 0 fully saturated rings. The highest BCUT2D eigenvalue weighted by Gasteiger charge is 2.46. The molecule has 1 aliphatic rings. The maximum atomic E-state index is 7.19. The molecule has 0 bridgehead atoms. The SMILES string of the molecule is c1ccc(-c2ccc(N(c3ccc4sc5ccccc5c4c3)c3cccc4c3oc3cc5c(cc34)-c3ccccc3C5(c3ccccc3)c3ccccc3)cc2)cc1. The minimum Gasteiger partial charge on any atom is -0.454 e. The number of fused-ring (bicyclic) bond motifs is 9. The number of thiophene rings is 1. The number of nitrogens with zero attached hydrogens (tertiary/aromatic N) is 1. The molecule has 1 aliphatic carbocycles. The van der Waals surface area contributed by atoms with Gasteiger partial charge in [0.2, 0.25) is 0 Å². The third-order valence-corrected chi connectivity index (χ3v) is 13.3. The maximum absolute atomic E-state index is 7.19. The number of furan rings is 1. The Bertz CT molecular complexity index is 3290. The third kappa shape index (κ3) is 4.84. The van der Waals surface area contributed by atoms with E-state index in [4.69, 9.17) is 4.42 Å². The van der Waals surface area contributed by atoms with Gasteiger partial charge in [-0.05, 0) is 99.1 Å². The van der Waals surface area contributed by atoms with Gasteiger partial charge in [0, 0.05) is 42.3 Å². The van der Waals surface area contributed by atoms with Crippen LogP contribution in [0.1, 0.15) is 22.3 Å². The summed E-state index contributed by atoms with van der Waals surface area (Å²) < 4.78 is 9.77. The summed E-state index contributed by atoms with van der Waals surface area (Å²) in [4.78, 5) is 2.37.